The van der Waals surface area contributed by atoms with Gasteiger partial charge in [0.15, 0.2) is 0 Å². The molecule has 0 aromatic heterocycles. The van der Waals surface area contributed by atoms with Gasteiger partial charge in [-0.25, -0.2) is 0 Å². The standard InChI is InChI=1S/C41H70/c1-4-6-8-10-12-14-16-17-18-19-21-23-25-27-32-41-39(35-34-38-31-28-29-33-40(38)41)36-37(3)30-26-24-22-20-15-13-11-9-7-5-2/h28-29,31,33-35,37H,4-27,30,32,36H2,1-3H3. The van der Waals surface area contributed by atoms with Crippen molar-refractivity contribution in [3.8, 4) is 0 Å². The molecule has 0 heteroatoms. The fraction of sp³-hybridized carbons (Fsp3) is 0.756. The van der Waals surface area contributed by atoms with Crippen LogP contribution in [0.15, 0.2) is 36.4 Å². The fourth-order valence-electron chi connectivity index (χ4n) is 6.82. The van der Waals surface area contributed by atoms with E-state index in [4.69, 9.17) is 0 Å². The molecule has 0 saturated heterocycles. The number of hydrogen-bond acceptors (Lipinski definition) is 0. The van der Waals surface area contributed by atoms with Crippen molar-refractivity contribution >= 4 is 10.8 Å². The first-order chi connectivity index (χ1) is 20.3. The first-order valence-corrected chi connectivity index (χ1v) is 18.8. The Morgan fingerprint density at radius 1 is 0.463 bits per heavy atom. The topological polar surface area (TPSA) is 0 Å². The van der Waals surface area contributed by atoms with Crippen molar-refractivity contribution in [2.24, 2.45) is 5.92 Å². The molecule has 1 unspecified atom stereocenters. The van der Waals surface area contributed by atoms with Crippen LogP contribution < -0.4 is 0 Å². The van der Waals surface area contributed by atoms with Gasteiger partial charge in [-0.15, -0.1) is 0 Å². The molecule has 0 aliphatic rings. The molecular formula is C41H70. The van der Waals surface area contributed by atoms with Crippen LogP contribution in [0.3, 0.4) is 0 Å². The molecule has 0 fully saturated rings. The molecule has 41 heavy (non-hydrogen) atoms. The van der Waals surface area contributed by atoms with Gasteiger partial charge in [-0.3, -0.25) is 0 Å². The zero-order chi connectivity index (χ0) is 29.2. The maximum absolute atomic E-state index is 2.50. The largest absolute Gasteiger partial charge is 0.0654 e. The second-order valence-electron chi connectivity index (χ2n) is 13.6. The number of unbranched alkanes of at least 4 members (excludes halogenated alkanes) is 22. The van der Waals surface area contributed by atoms with Gasteiger partial charge in [0.25, 0.3) is 0 Å². The Kier molecular flexibility index (Phi) is 22.1. The lowest BCUT2D eigenvalue weighted by Crippen LogP contribution is -2.04. The second-order valence-corrected chi connectivity index (χ2v) is 13.6. The molecule has 0 amide bonds. The molecule has 0 heterocycles. The molecule has 2 aromatic carbocycles. The lowest BCUT2D eigenvalue weighted by molar-refractivity contribution is 0.476. The highest BCUT2D eigenvalue weighted by Crippen LogP contribution is 2.28. The van der Waals surface area contributed by atoms with E-state index in [1.54, 1.807) is 11.1 Å². The normalized spacial score (nSPS) is 12.4. The van der Waals surface area contributed by atoms with Gasteiger partial charge in [-0.2, -0.15) is 0 Å². The average molecular weight is 563 g/mol. The Bertz CT molecular complexity index is 848. The lowest BCUT2D eigenvalue weighted by atomic mass is 9.88. The van der Waals surface area contributed by atoms with Crippen molar-refractivity contribution in [1.82, 2.24) is 0 Å². The monoisotopic (exact) mass is 563 g/mol. The summed E-state index contributed by atoms with van der Waals surface area (Å²) in [6.45, 7) is 7.12. The van der Waals surface area contributed by atoms with E-state index < -0.39 is 0 Å². The Labute approximate surface area is 257 Å². The van der Waals surface area contributed by atoms with E-state index in [-0.39, 0.29) is 0 Å². The van der Waals surface area contributed by atoms with Gasteiger partial charge in [-0.05, 0) is 47.1 Å². The minimum Gasteiger partial charge on any atom is -0.0654 e. The number of aryl methyl sites for hydroxylation is 1. The third kappa shape index (κ3) is 17.4. The summed E-state index contributed by atoms with van der Waals surface area (Å²) in [6, 6.07) is 14.0. The Morgan fingerprint density at radius 3 is 1.41 bits per heavy atom. The molecule has 0 nitrogen and oxygen atoms in total. The van der Waals surface area contributed by atoms with E-state index in [9.17, 15) is 0 Å². The van der Waals surface area contributed by atoms with Crippen LogP contribution in [0.4, 0.5) is 0 Å². The highest BCUT2D eigenvalue weighted by atomic mass is 14.2. The third-order valence-corrected chi connectivity index (χ3v) is 9.54. The Morgan fingerprint density at radius 2 is 0.902 bits per heavy atom. The first kappa shape index (κ1) is 35.9. The molecule has 0 N–H and O–H groups in total. The highest BCUT2D eigenvalue weighted by molar-refractivity contribution is 5.86. The Hall–Kier alpha value is -1.30. The van der Waals surface area contributed by atoms with Crippen molar-refractivity contribution in [1.29, 1.82) is 0 Å². The van der Waals surface area contributed by atoms with E-state index in [0.717, 1.165) is 5.92 Å². The lowest BCUT2D eigenvalue weighted by Gasteiger charge is -2.17. The van der Waals surface area contributed by atoms with Crippen LogP contribution in [0.1, 0.15) is 192 Å². The third-order valence-electron chi connectivity index (χ3n) is 9.54. The van der Waals surface area contributed by atoms with E-state index in [0.29, 0.717) is 0 Å². The van der Waals surface area contributed by atoms with Gasteiger partial charge in [0.1, 0.15) is 0 Å². The summed E-state index contributed by atoms with van der Waals surface area (Å²) in [5.74, 6) is 0.792. The zero-order valence-corrected chi connectivity index (χ0v) is 28.1. The maximum atomic E-state index is 2.50. The smallest absolute Gasteiger partial charge is 0.0149 e. The van der Waals surface area contributed by atoms with Gasteiger partial charge in [0.05, 0.1) is 0 Å². The highest BCUT2D eigenvalue weighted by Gasteiger charge is 2.11. The predicted octanol–water partition coefficient (Wildman–Crippen LogP) is 14.4. The molecule has 0 aliphatic heterocycles. The van der Waals surface area contributed by atoms with Crippen LogP contribution in [0, 0.1) is 5.92 Å². The van der Waals surface area contributed by atoms with Crippen molar-refractivity contribution in [3.05, 3.63) is 47.5 Å². The molecule has 234 valence electrons. The molecular weight excluding hydrogens is 492 g/mol. The van der Waals surface area contributed by atoms with Crippen LogP contribution in [-0.4, -0.2) is 0 Å². The van der Waals surface area contributed by atoms with E-state index in [1.165, 1.54) is 184 Å². The maximum Gasteiger partial charge on any atom is -0.0149 e. The summed E-state index contributed by atoms with van der Waals surface area (Å²) in [4.78, 5) is 0. The second kappa shape index (κ2) is 25.2. The summed E-state index contributed by atoms with van der Waals surface area (Å²) >= 11 is 0. The molecule has 2 rings (SSSR count). The number of hydrogen-bond donors (Lipinski definition) is 0. The molecule has 0 spiro atoms. The number of benzene rings is 2. The first-order valence-electron chi connectivity index (χ1n) is 18.8. The van der Waals surface area contributed by atoms with Crippen LogP contribution in [-0.2, 0) is 12.8 Å². The minimum atomic E-state index is 0.792. The molecule has 0 bridgehead atoms. The molecule has 0 aliphatic carbocycles. The summed E-state index contributed by atoms with van der Waals surface area (Å²) < 4.78 is 0. The zero-order valence-electron chi connectivity index (χ0n) is 28.1. The van der Waals surface area contributed by atoms with Crippen molar-refractivity contribution in [3.63, 3.8) is 0 Å². The average Bonchev–Trinajstić information content (AvgIpc) is 2.99. The van der Waals surface area contributed by atoms with Gasteiger partial charge in [0, 0.05) is 0 Å². The predicted molar refractivity (Wildman–Crippen MR) is 187 cm³/mol. The van der Waals surface area contributed by atoms with E-state index >= 15 is 0 Å². The number of rotatable bonds is 28. The molecule has 0 radical (unpaired) electrons. The van der Waals surface area contributed by atoms with Crippen LogP contribution in [0.2, 0.25) is 0 Å². The van der Waals surface area contributed by atoms with Crippen LogP contribution in [0.5, 0.6) is 0 Å². The van der Waals surface area contributed by atoms with E-state index in [2.05, 4.69) is 57.2 Å². The summed E-state index contributed by atoms with van der Waals surface area (Å²) in [5.41, 5.74) is 3.30. The summed E-state index contributed by atoms with van der Waals surface area (Å²) in [6.07, 6.45) is 38.4. The van der Waals surface area contributed by atoms with Crippen molar-refractivity contribution in [2.75, 3.05) is 0 Å². The van der Waals surface area contributed by atoms with Crippen molar-refractivity contribution in [2.45, 2.75) is 194 Å². The minimum absolute atomic E-state index is 0.792. The summed E-state index contributed by atoms with van der Waals surface area (Å²) in [5, 5.41) is 2.95. The number of fused-ring (bicyclic) bond motifs is 1. The van der Waals surface area contributed by atoms with E-state index in [1.807, 2.05) is 0 Å². The molecule has 1 atom stereocenters. The Balaban J connectivity index is 1.63. The van der Waals surface area contributed by atoms with Gasteiger partial charge in [0.2, 0.25) is 0 Å². The fourth-order valence-corrected chi connectivity index (χ4v) is 6.82. The van der Waals surface area contributed by atoms with Crippen LogP contribution in [0.25, 0.3) is 10.8 Å². The molecule has 2 aromatic rings. The van der Waals surface area contributed by atoms with Crippen LogP contribution >= 0.6 is 0 Å². The molecule has 0 saturated carbocycles. The van der Waals surface area contributed by atoms with Gasteiger partial charge in [-0.1, -0.05) is 211 Å². The SMILES string of the molecule is CCCCCCCCCCCCCCCCc1c(CC(C)CCCCCCCCCCCC)ccc2ccccc12. The van der Waals surface area contributed by atoms with Gasteiger partial charge < -0.3 is 0 Å². The quantitative estimate of drug-likeness (QED) is 0.0905. The van der Waals surface area contributed by atoms with Crippen molar-refractivity contribution < 1.29 is 0 Å². The summed E-state index contributed by atoms with van der Waals surface area (Å²) in [7, 11) is 0. The van der Waals surface area contributed by atoms with Gasteiger partial charge >= 0.3 is 0 Å².